The maximum atomic E-state index is 5.70. The lowest BCUT2D eigenvalue weighted by Gasteiger charge is -2.30. The van der Waals surface area contributed by atoms with Crippen LogP contribution in [0, 0.1) is 0 Å². The van der Waals surface area contributed by atoms with Gasteiger partial charge in [-0.15, -0.1) is 34.0 Å². The first kappa shape index (κ1) is 62.2. The van der Waals surface area contributed by atoms with E-state index in [9.17, 15) is 0 Å². The van der Waals surface area contributed by atoms with E-state index >= 15 is 0 Å². The molecule has 0 saturated heterocycles. The molecule has 18 aromatic rings. The maximum absolute atomic E-state index is 5.70. The molecule has 0 bridgehead atoms. The monoisotopic (exact) mass is 1360 g/mol. The molecule has 0 fully saturated rings. The first-order valence-corrected chi connectivity index (χ1v) is 35.4. The van der Waals surface area contributed by atoms with Gasteiger partial charge in [0.2, 0.25) is 0 Å². The van der Waals surface area contributed by atoms with Crippen LogP contribution >= 0.6 is 49.9 Å². The van der Waals surface area contributed by atoms with E-state index in [0.717, 1.165) is 27.2 Å². The Morgan fingerprint density at radius 3 is 0.876 bits per heavy atom. The van der Waals surface area contributed by atoms with Gasteiger partial charge in [-0.3, -0.25) is 0 Å². The van der Waals surface area contributed by atoms with Crippen molar-refractivity contribution in [1.82, 2.24) is 0 Å². The molecule has 0 radical (unpaired) electrons. The molecule has 0 atom stereocenters. The molecule has 0 aliphatic heterocycles. The summed E-state index contributed by atoms with van der Waals surface area (Å²) in [5.74, 6) is 0. The van der Waals surface area contributed by atoms with Crippen LogP contribution in [0.5, 0.6) is 0 Å². The van der Waals surface area contributed by atoms with Gasteiger partial charge < -0.3 is 10.6 Å². The smallest absolute Gasteiger partial charge is 0.0540 e. The van der Waals surface area contributed by atoms with Crippen LogP contribution in [-0.4, -0.2) is 0 Å². The Kier molecular flexibility index (Phi) is 17.8. The van der Waals surface area contributed by atoms with Crippen molar-refractivity contribution < 1.29 is 0 Å². The van der Waals surface area contributed by atoms with E-state index in [1.807, 2.05) is 64.3 Å². The molecule has 2 N–H and O–H groups in total. The number of halogens is 1. The Labute approximate surface area is 586 Å². The van der Waals surface area contributed by atoms with Gasteiger partial charge in [0, 0.05) is 104 Å². The van der Waals surface area contributed by atoms with Crippen LogP contribution in [0.1, 0.15) is 7.43 Å². The molecule has 0 spiro atoms. The van der Waals surface area contributed by atoms with Gasteiger partial charge in [0.1, 0.15) is 0 Å². The van der Waals surface area contributed by atoms with Crippen LogP contribution < -0.4 is 10.6 Å². The molecule has 0 aliphatic rings. The quantitative estimate of drug-likeness (QED) is 0.138. The Morgan fingerprint density at radius 2 is 0.495 bits per heavy atom. The molecular weight excluding hydrogens is 1300 g/mol. The maximum Gasteiger partial charge on any atom is 0.0540 e. The number of hydrogen-bond acceptors (Lipinski definition) is 5. The lowest BCUT2D eigenvalue weighted by Crippen LogP contribution is -2.12. The zero-order valence-corrected chi connectivity index (χ0v) is 56.2. The van der Waals surface area contributed by atoms with E-state index in [1.165, 1.54) is 138 Å². The summed E-state index contributed by atoms with van der Waals surface area (Å²) in [6.07, 6.45) is 0. The molecule has 3 aromatic heterocycles. The molecule has 15 aromatic carbocycles. The second-order valence-corrected chi connectivity index (χ2v) is 27.8. The lowest BCUT2D eigenvalue weighted by atomic mass is 9.96. The fraction of sp³-hybridized carbons (Fsp3) is 0.0110. The number of nitrogens with two attached hydrogens (primary N) is 1. The molecule has 3 heterocycles. The summed E-state index contributed by atoms with van der Waals surface area (Å²) < 4.78 is 9.09. The third kappa shape index (κ3) is 12.4. The molecule has 6 heteroatoms. The molecule has 0 aliphatic carbocycles. The highest BCUT2D eigenvalue weighted by Crippen LogP contribution is 2.50. The van der Waals surface area contributed by atoms with E-state index in [0.29, 0.717) is 0 Å². The minimum absolute atomic E-state index is 0. The van der Waals surface area contributed by atoms with E-state index in [4.69, 9.17) is 5.73 Å². The predicted molar refractivity (Wildman–Crippen MR) is 430 cm³/mol. The first-order chi connectivity index (χ1) is 47.5. The summed E-state index contributed by atoms with van der Waals surface area (Å²) in [7, 11) is 0. The van der Waals surface area contributed by atoms with Gasteiger partial charge in [0.15, 0.2) is 0 Å². The van der Waals surface area contributed by atoms with Gasteiger partial charge in [-0.05, 0) is 111 Å². The number of para-hydroxylation sites is 2. The van der Waals surface area contributed by atoms with Crippen LogP contribution in [0.2, 0.25) is 0 Å². The molecule has 0 saturated carbocycles. The van der Waals surface area contributed by atoms with E-state index < -0.39 is 0 Å². The molecule has 2 nitrogen and oxygen atoms in total. The number of benzene rings is 15. The van der Waals surface area contributed by atoms with Crippen molar-refractivity contribution in [3.8, 4) is 77.9 Å². The standard InChI is InChI=1S/C54H35NS2.C18H11BrS.C18H15N.CH4/c1-2-14-36(15-3-1)37-28-30-38(31-29-37)39-32-34-40(35-33-39)55(49-24-8-4-16-41(49)45-20-12-22-47-43-18-6-10-26-51(43)56-53(45)47)50-25-9-5-17-42(50)46-21-13-23-48-44-19-7-11-27-52(44)57-54(46)48;19-16-10-3-1-6-12(16)14-8-5-9-15-13-7-2-4-11-17(13)20-18(14)15;19-18-12-10-17(11-13-18)16-8-6-15(7-9-16)14-4-2-1-3-5-14;/h1-35H;1-11H;1-13H,19H2;1H4. The number of nitrogens with zero attached hydrogens (tertiary/aromatic N) is 1. The molecule has 97 heavy (non-hydrogen) atoms. The van der Waals surface area contributed by atoms with Crippen LogP contribution in [-0.2, 0) is 0 Å². The Morgan fingerprint density at radius 1 is 0.227 bits per heavy atom. The highest BCUT2D eigenvalue weighted by atomic mass is 79.9. The lowest BCUT2D eigenvalue weighted by molar-refractivity contribution is 1.29. The summed E-state index contributed by atoms with van der Waals surface area (Å²) in [6.45, 7) is 0. The molecule has 464 valence electrons. The van der Waals surface area contributed by atoms with Crippen LogP contribution in [0.3, 0.4) is 0 Å². The SMILES string of the molecule is Brc1ccccc1-c1cccc2c1sc1ccccc12.C.Nc1ccc(-c2ccc(-c3ccccc3)cc2)cc1.c1ccc(-c2ccc(-c3ccc(N(c4ccccc4-c4cccc5c4sc4ccccc45)c4ccccc4-c4cccc5c4sc4ccccc45)cc3)cc2)cc1. The van der Waals surface area contributed by atoms with E-state index in [2.05, 4.69) is 348 Å². The van der Waals surface area contributed by atoms with Gasteiger partial charge in [0.25, 0.3) is 0 Å². The van der Waals surface area contributed by atoms with Crippen molar-refractivity contribution in [2.24, 2.45) is 0 Å². The third-order valence-corrected chi connectivity index (χ3v) is 22.3. The minimum Gasteiger partial charge on any atom is -0.399 e. The number of thiophene rings is 3. The van der Waals surface area contributed by atoms with Crippen molar-refractivity contribution in [2.75, 3.05) is 10.6 Å². The van der Waals surface area contributed by atoms with Gasteiger partial charge in [-0.25, -0.2) is 0 Å². The summed E-state index contributed by atoms with van der Waals surface area (Å²) in [5.41, 5.74) is 27.0. The third-order valence-electron chi connectivity index (χ3n) is 17.9. The normalized spacial score (nSPS) is 11.1. The van der Waals surface area contributed by atoms with Gasteiger partial charge >= 0.3 is 0 Å². The number of fused-ring (bicyclic) bond motifs is 9. The summed E-state index contributed by atoms with van der Waals surface area (Å²) >= 11 is 9.30. The van der Waals surface area contributed by atoms with Gasteiger partial charge in [-0.2, -0.15) is 0 Å². The van der Waals surface area contributed by atoms with Crippen molar-refractivity contribution >= 4 is 133 Å². The summed E-state index contributed by atoms with van der Waals surface area (Å²) in [4.78, 5) is 2.48. The number of anilines is 4. The molecular formula is C91H65BrN2S3. The fourth-order valence-corrected chi connectivity index (χ4v) is 17.4. The second-order valence-electron chi connectivity index (χ2n) is 23.7. The van der Waals surface area contributed by atoms with Gasteiger partial charge in [-0.1, -0.05) is 321 Å². The zero-order valence-electron chi connectivity index (χ0n) is 52.2. The molecule has 0 amide bonds. The van der Waals surface area contributed by atoms with Crippen LogP contribution in [0.25, 0.3) is 138 Å². The topological polar surface area (TPSA) is 29.3 Å². The summed E-state index contributed by atoms with van der Waals surface area (Å²) in [5, 5.41) is 7.91. The predicted octanol–water partition coefficient (Wildman–Crippen LogP) is 28.3. The van der Waals surface area contributed by atoms with Crippen molar-refractivity contribution in [2.45, 2.75) is 7.43 Å². The zero-order chi connectivity index (χ0) is 64.3. The van der Waals surface area contributed by atoms with Crippen molar-refractivity contribution in [1.29, 1.82) is 0 Å². The minimum atomic E-state index is 0. The first-order valence-electron chi connectivity index (χ1n) is 32.2. The number of nitrogen functional groups attached to an aromatic ring is 1. The van der Waals surface area contributed by atoms with Crippen LogP contribution in [0.15, 0.2) is 362 Å². The Hall–Kier alpha value is -11.0. The highest BCUT2D eigenvalue weighted by Gasteiger charge is 2.24. The van der Waals surface area contributed by atoms with Crippen molar-refractivity contribution in [3.05, 3.63) is 362 Å². The number of hydrogen-bond donors (Lipinski definition) is 1. The van der Waals surface area contributed by atoms with Crippen molar-refractivity contribution in [3.63, 3.8) is 0 Å². The van der Waals surface area contributed by atoms with Crippen LogP contribution in [0.4, 0.5) is 22.7 Å². The van der Waals surface area contributed by atoms with E-state index in [-0.39, 0.29) is 7.43 Å². The molecule has 18 rings (SSSR count). The Balaban J connectivity index is 0.000000156. The second kappa shape index (κ2) is 27.8. The Bertz CT molecular complexity index is 5620. The average molecular weight is 1360 g/mol. The summed E-state index contributed by atoms with van der Waals surface area (Å²) in [6, 6.07) is 128. The van der Waals surface area contributed by atoms with E-state index in [1.54, 1.807) is 0 Å². The molecule has 0 unspecified atom stereocenters. The highest BCUT2D eigenvalue weighted by molar-refractivity contribution is 9.10. The fourth-order valence-electron chi connectivity index (χ4n) is 13.2. The largest absolute Gasteiger partial charge is 0.399 e. The number of rotatable bonds is 10. The van der Waals surface area contributed by atoms with Gasteiger partial charge in [0.05, 0.1) is 11.4 Å². The average Bonchev–Trinajstić information content (AvgIpc) is 1.73.